The second-order valence-corrected chi connectivity index (χ2v) is 7.10. The number of amides is 1. The Morgan fingerprint density at radius 3 is 2.76 bits per heavy atom. The first-order chi connectivity index (χ1) is 14.0. The molecule has 29 heavy (non-hydrogen) atoms. The molecule has 1 amide bonds. The molecule has 3 aromatic rings. The van der Waals surface area contributed by atoms with Crippen LogP contribution >= 0.6 is 0 Å². The van der Waals surface area contributed by atoms with Crippen LogP contribution in [-0.2, 0) is 17.9 Å². The minimum absolute atomic E-state index is 0.0191. The highest BCUT2D eigenvalue weighted by atomic mass is 19.1. The van der Waals surface area contributed by atoms with Crippen LogP contribution < -0.4 is 0 Å². The molecule has 0 bridgehead atoms. The third-order valence-electron chi connectivity index (χ3n) is 5.04. The predicted octanol–water partition coefficient (Wildman–Crippen LogP) is 3.25. The average Bonchev–Trinajstić information content (AvgIpc) is 3.30. The second kappa shape index (κ2) is 8.08. The molecule has 1 unspecified atom stereocenters. The van der Waals surface area contributed by atoms with Crippen LogP contribution in [0.4, 0.5) is 8.78 Å². The molecule has 150 valence electrons. The number of benzene rings is 2. The van der Waals surface area contributed by atoms with E-state index in [2.05, 4.69) is 10.1 Å². The Morgan fingerprint density at radius 2 is 2.00 bits per heavy atom. The fraction of sp³-hybridized carbons (Fsp3) is 0.286. The number of carbonyl (C=O) groups excluding carboxylic acids is 1. The maximum Gasteiger partial charge on any atom is 0.260 e. The van der Waals surface area contributed by atoms with Gasteiger partial charge in [0.2, 0.25) is 5.91 Å². The van der Waals surface area contributed by atoms with Gasteiger partial charge >= 0.3 is 0 Å². The number of hydrogen-bond donors (Lipinski definition) is 0. The first-order valence-electron chi connectivity index (χ1n) is 9.32. The van der Waals surface area contributed by atoms with E-state index in [9.17, 15) is 13.6 Å². The molecule has 1 aliphatic heterocycles. The zero-order valence-corrected chi connectivity index (χ0v) is 15.9. The highest BCUT2D eigenvalue weighted by Gasteiger charge is 2.34. The Hall–Kier alpha value is -3.13. The quantitative estimate of drug-likeness (QED) is 0.638. The predicted molar refractivity (Wildman–Crippen MR) is 101 cm³/mol. The van der Waals surface area contributed by atoms with Gasteiger partial charge in [0.05, 0.1) is 18.2 Å². The molecule has 0 spiro atoms. The number of rotatable bonds is 6. The number of likely N-dealkylation sites (tertiary alicyclic amines) is 1. The van der Waals surface area contributed by atoms with Crippen LogP contribution in [0.2, 0.25) is 0 Å². The number of aromatic nitrogens is 2. The Labute approximate surface area is 166 Å². The normalized spacial score (nSPS) is 16.8. The van der Waals surface area contributed by atoms with Crippen LogP contribution in [0.15, 0.2) is 53.1 Å². The lowest BCUT2D eigenvalue weighted by Crippen LogP contribution is -2.39. The number of hydrogen-bond acceptors (Lipinski definition) is 5. The number of halogens is 2. The summed E-state index contributed by atoms with van der Waals surface area (Å²) in [7, 11) is 1.82. The Morgan fingerprint density at radius 1 is 1.21 bits per heavy atom. The SMILES string of the molecule is CN(Cc1noc(-c2ccc(F)cc2F)n1)C1CCN(Cc2ccccc2)C1=O. The first kappa shape index (κ1) is 19.2. The van der Waals surface area contributed by atoms with E-state index in [1.807, 2.05) is 47.2 Å². The highest BCUT2D eigenvalue weighted by molar-refractivity contribution is 5.83. The summed E-state index contributed by atoms with van der Waals surface area (Å²) >= 11 is 0. The maximum absolute atomic E-state index is 13.9. The molecule has 1 fully saturated rings. The molecule has 6 nitrogen and oxygen atoms in total. The largest absolute Gasteiger partial charge is 0.337 e. The molecule has 2 aromatic carbocycles. The van der Waals surface area contributed by atoms with E-state index >= 15 is 0 Å². The van der Waals surface area contributed by atoms with Gasteiger partial charge in [0, 0.05) is 19.2 Å². The van der Waals surface area contributed by atoms with Crippen molar-refractivity contribution in [2.45, 2.75) is 25.6 Å². The third kappa shape index (κ3) is 4.17. The summed E-state index contributed by atoms with van der Waals surface area (Å²) in [6.07, 6.45) is 0.708. The monoisotopic (exact) mass is 398 g/mol. The molecule has 1 aromatic heterocycles. The van der Waals surface area contributed by atoms with Crippen molar-refractivity contribution in [2.24, 2.45) is 0 Å². The van der Waals surface area contributed by atoms with Crippen molar-refractivity contribution in [1.82, 2.24) is 19.9 Å². The second-order valence-electron chi connectivity index (χ2n) is 7.10. The molecule has 8 heteroatoms. The van der Waals surface area contributed by atoms with Crippen molar-refractivity contribution in [3.63, 3.8) is 0 Å². The van der Waals surface area contributed by atoms with Gasteiger partial charge in [-0.05, 0) is 31.2 Å². The topological polar surface area (TPSA) is 62.5 Å². The zero-order valence-electron chi connectivity index (χ0n) is 15.9. The Bertz CT molecular complexity index is 1010. The number of nitrogens with zero attached hydrogens (tertiary/aromatic N) is 4. The van der Waals surface area contributed by atoms with E-state index in [4.69, 9.17) is 4.52 Å². The summed E-state index contributed by atoms with van der Waals surface area (Å²) in [5, 5.41) is 3.87. The standard InChI is InChI=1S/C21H20F2N4O2/c1-26(18-9-10-27(21(18)28)12-14-5-3-2-4-6-14)13-19-24-20(29-25-19)16-8-7-15(22)11-17(16)23/h2-8,11,18H,9-10,12-13H2,1H3. The molecule has 0 aliphatic carbocycles. The molecular weight excluding hydrogens is 378 g/mol. The van der Waals surface area contributed by atoms with Gasteiger partial charge in [-0.1, -0.05) is 35.5 Å². The number of likely N-dealkylation sites (N-methyl/N-ethyl adjacent to an activating group) is 1. The fourth-order valence-corrected chi connectivity index (χ4v) is 3.52. The van der Waals surface area contributed by atoms with E-state index in [-0.39, 0.29) is 29.9 Å². The lowest BCUT2D eigenvalue weighted by atomic mass is 10.2. The van der Waals surface area contributed by atoms with Gasteiger partial charge in [-0.15, -0.1) is 0 Å². The number of carbonyl (C=O) groups is 1. The van der Waals surface area contributed by atoms with Crippen LogP contribution in [-0.4, -0.2) is 45.5 Å². The third-order valence-corrected chi connectivity index (χ3v) is 5.04. The Kier molecular flexibility index (Phi) is 5.35. The lowest BCUT2D eigenvalue weighted by molar-refractivity contribution is -0.132. The zero-order chi connectivity index (χ0) is 20.4. The van der Waals surface area contributed by atoms with E-state index in [1.54, 1.807) is 0 Å². The summed E-state index contributed by atoms with van der Waals surface area (Å²) in [5.41, 5.74) is 1.13. The molecule has 1 aliphatic rings. The van der Waals surface area contributed by atoms with Gasteiger partial charge in [-0.2, -0.15) is 4.98 Å². The molecule has 4 rings (SSSR count). The lowest BCUT2D eigenvalue weighted by Gasteiger charge is -2.22. The summed E-state index contributed by atoms with van der Waals surface area (Å²) < 4.78 is 32.1. The van der Waals surface area contributed by atoms with Crippen LogP contribution in [0.1, 0.15) is 17.8 Å². The summed E-state index contributed by atoms with van der Waals surface area (Å²) in [6, 6.07) is 12.7. The van der Waals surface area contributed by atoms with Crippen molar-refractivity contribution >= 4 is 5.91 Å². The van der Waals surface area contributed by atoms with Crippen LogP contribution in [0, 0.1) is 11.6 Å². The van der Waals surface area contributed by atoms with Crippen molar-refractivity contribution < 1.29 is 18.1 Å². The van der Waals surface area contributed by atoms with E-state index < -0.39 is 11.6 Å². The molecule has 1 atom stereocenters. The summed E-state index contributed by atoms with van der Waals surface area (Å²) in [5.74, 6) is -1.07. The van der Waals surface area contributed by atoms with Crippen molar-refractivity contribution in [1.29, 1.82) is 0 Å². The van der Waals surface area contributed by atoms with Gasteiger partial charge < -0.3 is 9.42 Å². The average molecular weight is 398 g/mol. The van der Waals surface area contributed by atoms with Crippen LogP contribution in [0.5, 0.6) is 0 Å². The van der Waals surface area contributed by atoms with Gasteiger partial charge in [-0.3, -0.25) is 9.69 Å². The molecular formula is C21H20F2N4O2. The van der Waals surface area contributed by atoms with Gasteiger partial charge in [0.15, 0.2) is 5.82 Å². The molecule has 1 saturated heterocycles. The smallest absolute Gasteiger partial charge is 0.260 e. The van der Waals surface area contributed by atoms with Gasteiger partial charge in [0.1, 0.15) is 11.6 Å². The molecule has 0 N–H and O–H groups in total. The van der Waals surface area contributed by atoms with Crippen molar-refractivity contribution in [3.05, 3.63) is 71.6 Å². The van der Waals surface area contributed by atoms with Crippen LogP contribution in [0.3, 0.4) is 0 Å². The maximum atomic E-state index is 13.9. The highest BCUT2D eigenvalue weighted by Crippen LogP contribution is 2.23. The van der Waals surface area contributed by atoms with E-state index in [1.165, 1.54) is 6.07 Å². The van der Waals surface area contributed by atoms with Crippen molar-refractivity contribution in [3.8, 4) is 11.5 Å². The van der Waals surface area contributed by atoms with E-state index in [0.29, 0.717) is 25.3 Å². The molecule has 0 saturated carbocycles. The van der Waals surface area contributed by atoms with E-state index in [0.717, 1.165) is 17.7 Å². The summed E-state index contributed by atoms with van der Waals surface area (Å²) in [6.45, 7) is 1.54. The summed E-state index contributed by atoms with van der Waals surface area (Å²) in [4.78, 5) is 20.7. The minimum atomic E-state index is -0.768. The minimum Gasteiger partial charge on any atom is -0.337 e. The molecule has 0 radical (unpaired) electrons. The fourth-order valence-electron chi connectivity index (χ4n) is 3.52. The van der Waals surface area contributed by atoms with Gasteiger partial charge in [-0.25, -0.2) is 8.78 Å². The Balaban J connectivity index is 1.40. The van der Waals surface area contributed by atoms with Crippen LogP contribution in [0.25, 0.3) is 11.5 Å². The van der Waals surface area contributed by atoms with Crippen molar-refractivity contribution in [2.75, 3.05) is 13.6 Å². The van der Waals surface area contributed by atoms with Gasteiger partial charge in [0.25, 0.3) is 5.89 Å². The first-order valence-corrected chi connectivity index (χ1v) is 9.32. The molecule has 2 heterocycles.